The zero-order valence-electron chi connectivity index (χ0n) is 12.1. The molecule has 1 amide bonds. The number of fused-ring (bicyclic) bond motifs is 1. The first-order chi connectivity index (χ1) is 9.33. The maximum absolute atomic E-state index is 12.2. The first kappa shape index (κ1) is 18.3. The lowest BCUT2D eigenvalue weighted by Gasteiger charge is -2.21. The van der Waals surface area contributed by atoms with Gasteiger partial charge in [0.15, 0.2) is 0 Å². The second-order valence-corrected chi connectivity index (χ2v) is 5.69. The first-order valence-corrected chi connectivity index (χ1v) is 7.27. The van der Waals surface area contributed by atoms with E-state index in [0.717, 1.165) is 57.4 Å². The third-order valence-corrected chi connectivity index (χ3v) is 4.52. The standard InChI is InChI=1S/C14H22N4O.2ClH/c19-14(3-5-17-8-4-15-11-17)18-6-1-12-9-16-10-13(12)2-7-18;;/h4,8,11-13,16H,1-3,5-7,9-10H2;2*1H/t12-,13+;;. The first-order valence-electron chi connectivity index (χ1n) is 7.27. The van der Waals surface area contributed by atoms with Gasteiger partial charge in [-0.05, 0) is 37.8 Å². The second kappa shape index (κ2) is 8.61. The van der Waals surface area contributed by atoms with Crippen LogP contribution in [0, 0.1) is 11.8 Å². The van der Waals surface area contributed by atoms with E-state index in [1.165, 1.54) is 0 Å². The van der Waals surface area contributed by atoms with Gasteiger partial charge >= 0.3 is 0 Å². The molecule has 1 aromatic rings. The highest BCUT2D eigenvalue weighted by Gasteiger charge is 2.31. The summed E-state index contributed by atoms with van der Waals surface area (Å²) in [4.78, 5) is 18.3. The van der Waals surface area contributed by atoms with E-state index >= 15 is 0 Å². The van der Waals surface area contributed by atoms with Gasteiger partial charge in [0.2, 0.25) is 5.91 Å². The number of rotatable bonds is 3. The number of nitrogens with one attached hydrogen (secondary N) is 1. The molecule has 1 N–H and O–H groups in total. The number of imidazole rings is 1. The molecule has 2 atom stereocenters. The Bertz CT molecular complexity index is 413. The van der Waals surface area contributed by atoms with Crippen LogP contribution in [0.4, 0.5) is 0 Å². The van der Waals surface area contributed by atoms with Gasteiger partial charge < -0.3 is 14.8 Å². The monoisotopic (exact) mass is 334 g/mol. The quantitative estimate of drug-likeness (QED) is 0.912. The third kappa shape index (κ3) is 4.59. The number of halogens is 2. The van der Waals surface area contributed by atoms with E-state index in [1.54, 1.807) is 12.5 Å². The average molecular weight is 335 g/mol. The van der Waals surface area contributed by atoms with E-state index in [0.29, 0.717) is 12.3 Å². The molecule has 5 nitrogen and oxygen atoms in total. The van der Waals surface area contributed by atoms with Crippen LogP contribution in [0.15, 0.2) is 18.7 Å². The minimum atomic E-state index is 0. The van der Waals surface area contributed by atoms with Crippen LogP contribution in [-0.2, 0) is 11.3 Å². The van der Waals surface area contributed by atoms with Gasteiger partial charge in [0.1, 0.15) is 0 Å². The molecule has 0 aromatic carbocycles. The molecular formula is C14H24Cl2N4O. The average Bonchev–Trinajstić information content (AvgIpc) is 3.05. The van der Waals surface area contributed by atoms with Gasteiger partial charge in [0.25, 0.3) is 0 Å². The minimum absolute atomic E-state index is 0. The Hall–Kier alpha value is -0.780. The predicted octanol–water partition coefficient (Wildman–Crippen LogP) is 1.57. The summed E-state index contributed by atoms with van der Waals surface area (Å²) in [6.07, 6.45) is 8.34. The molecule has 0 spiro atoms. The fourth-order valence-corrected chi connectivity index (χ4v) is 3.27. The van der Waals surface area contributed by atoms with Crippen LogP contribution in [0.3, 0.4) is 0 Å². The lowest BCUT2D eigenvalue weighted by atomic mass is 9.92. The van der Waals surface area contributed by atoms with Crippen molar-refractivity contribution in [3.8, 4) is 0 Å². The molecule has 0 saturated carbocycles. The van der Waals surface area contributed by atoms with Crippen LogP contribution in [0.5, 0.6) is 0 Å². The van der Waals surface area contributed by atoms with Gasteiger partial charge in [-0.2, -0.15) is 0 Å². The zero-order valence-corrected chi connectivity index (χ0v) is 13.7. The van der Waals surface area contributed by atoms with E-state index < -0.39 is 0 Å². The molecular weight excluding hydrogens is 311 g/mol. The fourth-order valence-electron chi connectivity index (χ4n) is 3.27. The number of nitrogens with zero attached hydrogens (tertiary/aromatic N) is 3. The Morgan fingerprint density at radius 3 is 2.43 bits per heavy atom. The number of aromatic nitrogens is 2. The van der Waals surface area contributed by atoms with Crippen LogP contribution in [0.25, 0.3) is 0 Å². The van der Waals surface area contributed by atoms with Gasteiger partial charge in [0.05, 0.1) is 6.33 Å². The van der Waals surface area contributed by atoms with Crippen molar-refractivity contribution in [2.45, 2.75) is 25.8 Å². The van der Waals surface area contributed by atoms with Crippen molar-refractivity contribution < 1.29 is 4.79 Å². The van der Waals surface area contributed by atoms with Crippen LogP contribution in [0.1, 0.15) is 19.3 Å². The topological polar surface area (TPSA) is 50.2 Å². The SMILES string of the molecule is Cl.Cl.O=C(CCn1ccnc1)N1CC[C@@H]2CNC[C@@H]2CC1. The largest absolute Gasteiger partial charge is 0.343 e. The van der Waals surface area contributed by atoms with Crippen molar-refractivity contribution in [1.29, 1.82) is 0 Å². The van der Waals surface area contributed by atoms with Crippen molar-refractivity contribution in [2.75, 3.05) is 26.2 Å². The number of carbonyl (C=O) groups is 1. The molecule has 0 aliphatic carbocycles. The number of likely N-dealkylation sites (tertiary alicyclic amines) is 1. The number of hydrogen-bond acceptors (Lipinski definition) is 3. The van der Waals surface area contributed by atoms with Crippen molar-refractivity contribution >= 4 is 30.7 Å². The summed E-state index contributed by atoms with van der Waals surface area (Å²) in [5, 5.41) is 3.47. The summed E-state index contributed by atoms with van der Waals surface area (Å²) >= 11 is 0. The molecule has 3 heterocycles. The van der Waals surface area contributed by atoms with Crippen molar-refractivity contribution in [2.24, 2.45) is 11.8 Å². The van der Waals surface area contributed by atoms with Crippen LogP contribution in [-0.4, -0.2) is 46.5 Å². The van der Waals surface area contributed by atoms with Crippen molar-refractivity contribution in [3.63, 3.8) is 0 Å². The predicted molar refractivity (Wildman–Crippen MR) is 87.0 cm³/mol. The van der Waals surface area contributed by atoms with Crippen molar-refractivity contribution in [3.05, 3.63) is 18.7 Å². The molecule has 0 bridgehead atoms. The lowest BCUT2D eigenvalue weighted by molar-refractivity contribution is -0.131. The molecule has 120 valence electrons. The molecule has 2 aliphatic rings. The van der Waals surface area contributed by atoms with Gasteiger partial charge in [-0.15, -0.1) is 24.8 Å². The highest BCUT2D eigenvalue weighted by Crippen LogP contribution is 2.27. The zero-order chi connectivity index (χ0) is 13.1. The van der Waals surface area contributed by atoms with Gasteiger partial charge in [-0.3, -0.25) is 4.79 Å². The van der Waals surface area contributed by atoms with E-state index in [1.807, 2.05) is 10.8 Å². The molecule has 0 radical (unpaired) electrons. The summed E-state index contributed by atoms with van der Waals surface area (Å²) in [5.41, 5.74) is 0. The van der Waals surface area contributed by atoms with Crippen LogP contribution < -0.4 is 5.32 Å². The number of hydrogen-bond donors (Lipinski definition) is 1. The smallest absolute Gasteiger partial charge is 0.224 e. The van der Waals surface area contributed by atoms with Crippen LogP contribution in [0.2, 0.25) is 0 Å². The maximum Gasteiger partial charge on any atom is 0.224 e. The minimum Gasteiger partial charge on any atom is -0.343 e. The number of amides is 1. The molecule has 0 unspecified atom stereocenters. The Morgan fingerprint density at radius 1 is 1.19 bits per heavy atom. The lowest BCUT2D eigenvalue weighted by Crippen LogP contribution is -2.33. The summed E-state index contributed by atoms with van der Waals surface area (Å²) in [6, 6.07) is 0. The highest BCUT2D eigenvalue weighted by molar-refractivity contribution is 5.85. The number of aryl methyl sites for hydroxylation is 1. The van der Waals surface area contributed by atoms with Crippen molar-refractivity contribution in [1.82, 2.24) is 19.8 Å². The third-order valence-electron chi connectivity index (χ3n) is 4.52. The molecule has 21 heavy (non-hydrogen) atoms. The van der Waals surface area contributed by atoms with E-state index in [2.05, 4.69) is 15.2 Å². The Balaban J connectivity index is 0.00000110. The van der Waals surface area contributed by atoms with E-state index in [9.17, 15) is 4.79 Å². The van der Waals surface area contributed by atoms with Gasteiger partial charge in [0, 0.05) is 38.4 Å². The molecule has 1 aromatic heterocycles. The Morgan fingerprint density at radius 2 is 1.86 bits per heavy atom. The Labute approximate surface area is 138 Å². The summed E-state index contributed by atoms with van der Waals surface area (Å²) in [6.45, 7) is 4.89. The molecule has 2 aliphatic heterocycles. The second-order valence-electron chi connectivity index (χ2n) is 5.69. The summed E-state index contributed by atoms with van der Waals surface area (Å²) in [5.74, 6) is 1.86. The maximum atomic E-state index is 12.2. The fraction of sp³-hybridized carbons (Fsp3) is 0.714. The molecule has 7 heteroatoms. The van der Waals surface area contributed by atoms with E-state index in [4.69, 9.17) is 0 Å². The number of carbonyl (C=O) groups excluding carboxylic acids is 1. The van der Waals surface area contributed by atoms with E-state index in [-0.39, 0.29) is 24.8 Å². The summed E-state index contributed by atoms with van der Waals surface area (Å²) in [7, 11) is 0. The van der Waals surface area contributed by atoms with Crippen LogP contribution >= 0.6 is 24.8 Å². The van der Waals surface area contributed by atoms with Gasteiger partial charge in [-0.25, -0.2) is 4.98 Å². The summed E-state index contributed by atoms with van der Waals surface area (Å²) < 4.78 is 1.97. The highest BCUT2D eigenvalue weighted by atomic mass is 35.5. The molecule has 2 saturated heterocycles. The molecule has 2 fully saturated rings. The molecule has 3 rings (SSSR count). The van der Waals surface area contributed by atoms with Gasteiger partial charge in [-0.1, -0.05) is 0 Å². The normalized spacial score (nSPS) is 24.5. The Kier molecular flexibility index (Phi) is 7.49.